The van der Waals surface area contributed by atoms with E-state index >= 15 is 19.2 Å². The summed E-state index contributed by atoms with van der Waals surface area (Å²) in [5, 5.41) is 14.8. The molecule has 0 spiro atoms. The zero-order valence-corrected chi connectivity index (χ0v) is 78.6. The number of ether oxygens (including phenoxy) is 8. The van der Waals surface area contributed by atoms with Crippen molar-refractivity contribution in [3.63, 3.8) is 0 Å². The molecule has 0 radical (unpaired) electrons. The number of fused-ring (bicyclic) bond motifs is 6. The van der Waals surface area contributed by atoms with Gasteiger partial charge in [0.15, 0.2) is 0 Å². The van der Waals surface area contributed by atoms with E-state index in [1.54, 1.807) is 85.5 Å². The smallest absolute Gasteiger partial charge is 0.284 e. The third kappa shape index (κ3) is 18.5. The normalized spacial score (nSPS) is 15.6. The van der Waals surface area contributed by atoms with Crippen LogP contribution in [0.2, 0.25) is 0 Å². The topological polar surface area (TPSA) is 293 Å². The highest BCUT2D eigenvalue weighted by Gasteiger charge is 2.45. The maximum absolute atomic E-state index is 16.2. The quantitative estimate of drug-likeness (QED) is 0.0401. The number of hydrogen-bond acceptors (Lipinski definition) is 22. The average Bonchev–Trinajstić information content (AvgIpc) is 1.60. The number of pyridine rings is 4. The van der Waals surface area contributed by atoms with Crippen LogP contribution in [0.15, 0.2) is 242 Å². The van der Waals surface area contributed by atoms with Crippen LogP contribution in [0.1, 0.15) is 280 Å². The molecule has 0 amide bonds. The summed E-state index contributed by atoms with van der Waals surface area (Å²) in [6.07, 6.45) is 23.0. The maximum atomic E-state index is 16.2. The van der Waals surface area contributed by atoms with Crippen LogP contribution in [-0.4, -0.2) is 68.3 Å². The Hall–Kier alpha value is -14.8. The van der Waals surface area contributed by atoms with Crippen LogP contribution in [0.3, 0.4) is 0 Å². The number of carbonyl (C=O) groups excluding carboxylic acids is 4. The summed E-state index contributed by atoms with van der Waals surface area (Å²) >= 11 is 9.53. The summed E-state index contributed by atoms with van der Waals surface area (Å²) in [5.41, 5.74) is 12.9. The first-order valence-corrected chi connectivity index (χ1v) is 48.4. The summed E-state index contributed by atoms with van der Waals surface area (Å²) in [7, 11) is 0. The van der Waals surface area contributed by atoms with Crippen molar-refractivity contribution in [1.29, 1.82) is 10.5 Å². The molecule has 10 heterocycles. The van der Waals surface area contributed by atoms with Crippen molar-refractivity contribution in [2.75, 3.05) is 5.34 Å². The number of carbonyl (C=O) groups is 4. The van der Waals surface area contributed by atoms with Gasteiger partial charge in [-0.1, -0.05) is 203 Å². The third-order valence-electron chi connectivity index (χ3n) is 26.0. The molecule has 4 aliphatic heterocycles. The van der Waals surface area contributed by atoms with E-state index in [0.29, 0.717) is 138 Å². The fraction of sp³-hybridized carbons (Fsp3) is 0.274. The molecule has 6 aromatic heterocycles. The number of ketones is 4. The number of hydrogen-bond donors (Lipinski definition) is 0. The molecule has 7 aliphatic rings. The van der Waals surface area contributed by atoms with Gasteiger partial charge in [-0.15, -0.1) is 23.2 Å². The molecule has 0 fully saturated rings. The Morgan fingerprint density at radius 2 is 0.467 bits per heavy atom. The van der Waals surface area contributed by atoms with Gasteiger partial charge in [0.2, 0.25) is 46.2 Å². The van der Waals surface area contributed by atoms with Crippen LogP contribution >= 0.6 is 23.2 Å². The van der Waals surface area contributed by atoms with Crippen molar-refractivity contribution in [3.05, 3.63) is 309 Å². The van der Waals surface area contributed by atoms with E-state index in [0.717, 1.165) is 125 Å². The van der Waals surface area contributed by atoms with Gasteiger partial charge in [0.05, 0.1) is 40.3 Å². The molecule has 8 bridgehead atoms. The molecule has 0 N–H and O–H groups in total. The Morgan fingerprint density at radius 1 is 0.270 bits per heavy atom. The molecule has 8 aromatic carbocycles. The van der Waals surface area contributed by atoms with Gasteiger partial charge in [-0.2, -0.15) is 10.5 Å². The van der Waals surface area contributed by atoms with Gasteiger partial charge < -0.3 is 37.9 Å². The Bertz CT molecular complexity index is 6360. The Kier molecular flexibility index (Phi) is 28.4. The minimum Gasteiger partial charge on any atom is -0.449 e. The largest absolute Gasteiger partial charge is 0.449 e. The fourth-order valence-corrected chi connectivity index (χ4v) is 19.6. The number of nitrogens with zero attached hydrogens (tertiary/aromatic N) is 10. The average molecular weight is 1860 g/mol. The highest BCUT2D eigenvalue weighted by atomic mass is 35.5. The minimum absolute atomic E-state index is 0.0478. The molecular formula is C113H100Cl2N10O12. The van der Waals surface area contributed by atoms with E-state index < -0.39 is 46.8 Å². The lowest BCUT2D eigenvalue weighted by Crippen LogP contribution is -2.27. The standard InChI is InChI=1S/C108H92N8O12.2C2H3N.CH2Cl2/c1-5-9-13-17-33-61-73-53-77-63(35-19-15-11-7-3)79-55-75-62(34-18-14-10-6-2)76-56-80-64(36-20-16-12-8-4)78-54-74(61)86-58-90(78)126-106-108(116-96-72(84-44-28-32-52-112-84)48-46-70(94(96)114-106)82-42-26-30-50-110-82)128-92(80)60-88(76)124-104-100(120)68-40-24-23-39-67(68)99(119)103(104)123-87(75)59-91(79)127-107-105(125-89(77)57-85(73)121-101-97(117)65-37-21-22-38-66(65)98(118)102(101)122-86)113-93-69(81-41-25-29-49-109-81)45-47-71(95(93)115-107)83-43-27-31-51-111-83;2*1-2-3;2-1-3/h21-32,37-64H,5-20,33-36H2,1-4H3;2*1H3;1H2. The minimum atomic E-state index is -0.651. The Balaban J connectivity index is 0.00000134. The molecule has 3 aliphatic carbocycles. The number of unbranched alkanes of at least 4 members (excludes halogenated alkanes) is 12. The lowest BCUT2D eigenvalue weighted by molar-refractivity contribution is 0.0897. The molecule has 24 heteroatoms. The molecule has 22 nitrogen and oxygen atoms in total. The van der Waals surface area contributed by atoms with Crippen LogP contribution < -0.4 is 37.9 Å². The predicted molar refractivity (Wildman–Crippen MR) is 526 cm³/mol. The van der Waals surface area contributed by atoms with Crippen LogP contribution in [0.25, 0.3) is 67.1 Å². The van der Waals surface area contributed by atoms with Gasteiger partial charge in [-0.3, -0.25) is 39.1 Å². The molecule has 0 unspecified atom stereocenters. The highest BCUT2D eigenvalue weighted by molar-refractivity contribution is 6.40. The molecule has 0 saturated carbocycles. The van der Waals surface area contributed by atoms with Crippen molar-refractivity contribution >= 4 is 68.4 Å². The van der Waals surface area contributed by atoms with Crippen LogP contribution in [0.5, 0.6) is 69.5 Å². The molecule has 0 saturated heterocycles. The fourth-order valence-electron chi connectivity index (χ4n) is 19.6. The van der Waals surface area contributed by atoms with E-state index in [2.05, 4.69) is 52.0 Å². The van der Waals surface area contributed by atoms with Gasteiger partial charge in [-0.25, -0.2) is 19.9 Å². The van der Waals surface area contributed by atoms with Gasteiger partial charge in [-0.05, 0) is 123 Å². The summed E-state index contributed by atoms with van der Waals surface area (Å²) in [6, 6.07) is 64.0. The van der Waals surface area contributed by atoms with E-state index in [9.17, 15) is 0 Å². The molecule has 0 atom stereocenters. The summed E-state index contributed by atoms with van der Waals surface area (Å²) < 4.78 is 61.2. The van der Waals surface area contributed by atoms with Gasteiger partial charge in [0.1, 0.15) is 68.1 Å². The number of allylic oxidation sites excluding steroid dienone is 4. The predicted octanol–water partition coefficient (Wildman–Crippen LogP) is 28.9. The second-order valence-electron chi connectivity index (χ2n) is 34.7. The summed E-state index contributed by atoms with van der Waals surface area (Å²) in [5.74, 6) is -4.27. The number of halogens is 2. The van der Waals surface area contributed by atoms with Crippen molar-refractivity contribution < 1.29 is 57.1 Å². The number of aromatic nitrogens is 8. The second kappa shape index (κ2) is 42.0. The first-order valence-electron chi connectivity index (χ1n) is 47.3. The van der Waals surface area contributed by atoms with Crippen molar-refractivity contribution in [2.45, 2.75) is 194 Å². The number of Topliss-reactive ketones (excluding diaryl/α,β-unsaturated/α-hetero) is 4. The van der Waals surface area contributed by atoms with Crippen LogP contribution in [0.4, 0.5) is 0 Å². The number of benzene rings is 8. The maximum Gasteiger partial charge on any atom is 0.284 e. The van der Waals surface area contributed by atoms with E-state index in [-0.39, 0.29) is 97.1 Å². The van der Waals surface area contributed by atoms with Gasteiger partial charge >= 0.3 is 0 Å². The van der Waals surface area contributed by atoms with Gasteiger partial charge in [0, 0.05) is 176 Å². The number of alkyl halides is 2. The van der Waals surface area contributed by atoms with Crippen LogP contribution in [0, 0.1) is 22.7 Å². The summed E-state index contributed by atoms with van der Waals surface area (Å²) in [4.78, 5) is 107. The first-order chi connectivity index (χ1) is 67.2. The molecule has 21 rings (SSSR count). The SMILES string of the molecule is CC#N.CC#N.CCCCCCC1c2cc3c4cc2OC2=C(Oc5cc6c(cc51)C(CCCCCC)c1cc5c(cc1Oc1nc7c(-c8ccccn8)ccc(-c8ccccn8)c7nc1O6)OC1=C(Oc6cc(c(cc6C5CCCCCC)C3CCCCCC)Oc3nc5c(-c6ccccn6)ccc(-c6ccccn6)c5nc3O4)C(=O)c3ccccc3C1=O)C(=O)c1ccccc1C2=O.ClCCl. The monoisotopic (exact) mass is 1860 g/mol. The summed E-state index contributed by atoms with van der Waals surface area (Å²) in [6.45, 7) is 11.7. The van der Waals surface area contributed by atoms with Crippen molar-refractivity contribution in [2.24, 2.45) is 0 Å². The lowest BCUT2D eigenvalue weighted by atomic mass is 9.76. The van der Waals surface area contributed by atoms with Crippen molar-refractivity contribution in [3.8, 4) is 127 Å². The van der Waals surface area contributed by atoms with E-state index in [1.807, 2.05) is 121 Å². The molecule has 688 valence electrons. The van der Waals surface area contributed by atoms with E-state index in [4.69, 9.17) is 111 Å². The number of nitriles is 2. The third-order valence-corrected chi connectivity index (χ3v) is 26.0. The second-order valence-corrected chi connectivity index (χ2v) is 35.5. The zero-order valence-electron chi connectivity index (χ0n) is 77.1. The van der Waals surface area contributed by atoms with Gasteiger partial charge in [0.25, 0.3) is 23.5 Å². The Morgan fingerprint density at radius 3 is 0.657 bits per heavy atom. The van der Waals surface area contributed by atoms with Crippen LogP contribution in [-0.2, 0) is 0 Å². The lowest BCUT2D eigenvalue weighted by Gasteiger charge is -2.30. The number of rotatable bonds is 24. The first kappa shape index (κ1) is 92.6. The van der Waals surface area contributed by atoms with E-state index in [1.165, 1.54) is 13.8 Å². The zero-order chi connectivity index (χ0) is 94.7. The van der Waals surface area contributed by atoms with Crippen molar-refractivity contribution in [1.82, 2.24) is 39.9 Å². The highest BCUT2D eigenvalue weighted by Crippen LogP contribution is 2.60. The Labute approximate surface area is 805 Å². The molecule has 14 aromatic rings. The molecular weight excluding hydrogens is 1760 g/mol. The molecule has 137 heavy (non-hydrogen) atoms.